The fraction of sp³-hybridized carbons (Fsp3) is 0.300. The smallest absolute Gasteiger partial charge is 0.337 e. The van der Waals surface area contributed by atoms with E-state index in [-0.39, 0.29) is 17.7 Å². The summed E-state index contributed by atoms with van der Waals surface area (Å²) in [7, 11) is 1.34. The Morgan fingerprint density at radius 3 is 2.21 bits per heavy atom. The predicted octanol–water partition coefficient (Wildman–Crippen LogP) is 4.24. The molecule has 0 aliphatic rings. The molecule has 0 spiro atoms. The van der Waals surface area contributed by atoms with Crippen LogP contribution in [0.3, 0.4) is 0 Å². The molecule has 0 radical (unpaired) electrons. The zero-order valence-electron chi connectivity index (χ0n) is 14.3. The van der Waals surface area contributed by atoms with Crippen molar-refractivity contribution in [3.05, 3.63) is 65.7 Å². The number of hydrogen-bond acceptors (Lipinski definition) is 3. The summed E-state index contributed by atoms with van der Waals surface area (Å²) >= 11 is 0. The third kappa shape index (κ3) is 4.22. The molecular formula is C20H23NO3. The van der Waals surface area contributed by atoms with Crippen LogP contribution in [0.4, 0.5) is 5.69 Å². The summed E-state index contributed by atoms with van der Waals surface area (Å²) in [5.41, 5.74) is 2.13. The molecule has 4 nitrogen and oxygen atoms in total. The van der Waals surface area contributed by atoms with Crippen molar-refractivity contribution < 1.29 is 14.3 Å². The number of ether oxygens (including phenoxy) is 1. The van der Waals surface area contributed by atoms with Gasteiger partial charge < -0.3 is 10.1 Å². The van der Waals surface area contributed by atoms with Crippen molar-refractivity contribution >= 4 is 17.6 Å². The highest BCUT2D eigenvalue weighted by molar-refractivity contribution is 5.96. The summed E-state index contributed by atoms with van der Waals surface area (Å²) in [6.07, 6.45) is 0.911. The fourth-order valence-electron chi connectivity index (χ4n) is 2.66. The third-order valence-electron chi connectivity index (χ3n) is 4.23. The van der Waals surface area contributed by atoms with Gasteiger partial charge in [-0.3, -0.25) is 4.79 Å². The molecule has 2 aromatic carbocycles. The quantitative estimate of drug-likeness (QED) is 0.808. The molecule has 126 valence electrons. The molecule has 24 heavy (non-hydrogen) atoms. The van der Waals surface area contributed by atoms with Crippen LogP contribution in [0, 0.1) is 5.92 Å². The Hall–Kier alpha value is -2.62. The van der Waals surface area contributed by atoms with E-state index in [0.717, 1.165) is 12.0 Å². The molecule has 2 rings (SSSR count). The minimum Gasteiger partial charge on any atom is -0.465 e. The van der Waals surface area contributed by atoms with Crippen LogP contribution in [0.2, 0.25) is 0 Å². The molecular weight excluding hydrogens is 302 g/mol. The van der Waals surface area contributed by atoms with E-state index in [1.807, 2.05) is 30.3 Å². The zero-order valence-corrected chi connectivity index (χ0v) is 14.3. The molecule has 0 saturated carbocycles. The Morgan fingerprint density at radius 1 is 1.04 bits per heavy atom. The standard InChI is InChI=1S/C20H23NO3/c1-4-14(2)18(15-8-6-5-7-9-15)19(22)21-17-12-10-16(11-13-17)20(23)24-3/h5-14,18H,4H2,1-3H3,(H,21,22)/t14-,18+/m0/s1. The van der Waals surface area contributed by atoms with Crippen LogP contribution in [-0.4, -0.2) is 19.0 Å². The lowest BCUT2D eigenvalue weighted by Crippen LogP contribution is -2.26. The Labute approximate surface area is 142 Å². The minimum atomic E-state index is -0.394. The Kier molecular flexibility index (Phi) is 6.13. The van der Waals surface area contributed by atoms with Crippen LogP contribution in [0.5, 0.6) is 0 Å². The normalized spacial score (nSPS) is 13.0. The molecule has 0 bridgehead atoms. The molecule has 0 aliphatic heterocycles. The zero-order chi connectivity index (χ0) is 17.5. The molecule has 1 amide bonds. The van der Waals surface area contributed by atoms with Crippen molar-refractivity contribution in [2.45, 2.75) is 26.2 Å². The van der Waals surface area contributed by atoms with Gasteiger partial charge in [-0.15, -0.1) is 0 Å². The lowest BCUT2D eigenvalue weighted by atomic mass is 9.85. The van der Waals surface area contributed by atoms with Crippen molar-refractivity contribution in [1.82, 2.24) is 0 Å². The molecule has 0 aromatic heterocycles. The summed E-state index contributed by atoms with van der Waals surface area (Å²) < 4.78 is 4.67. The summed E-state index contributed by atoms with van der Waals surface area (Å²) in [6, 6.07) is 16.5. The maximum Gasteiger partial charge on any atom is 0.337 e. The summed E-state index contributed by atoms with van der Waals surface area (Å²) in [5.74, 6) is -0.422. The number of amides is 1. The molecule has 2 atom stereocenters. The van der Waals surface area contributed by atoms with E-state index in [1.54, 1.807) is 24.3 Å². The first-order valence-electron chi connectivity index (χ1n) is 8.11. The first kappa shape index (κ1) is 17.7. The number of nitrogens with one attached hydrogen (secondary N) is 1. The summed E-state index contributed by atoms with van der Waals surface area (Å²) in [6.45, 7) is 4.16. The van der Waals surface area contributed by atoms with Crippen LogP contribution in [0.25, 0.3) is 0 Å². The molecule has 4 heteroatoms. The van der Waals surface area contributed by atoms with Gasteiger partial charge in [0.05, 0.1) is 18.6 Å². The van der Waals surface area contributed by atoms with E-state index < -0.39 is 5.97 Å². The second-order valence-corrected chi connectivity index (χ2v) is 5.83. The number of carbonyl (C=O) groups excluding carboxylic acids is 2. The molecule has 0 heterocycles. The number of rotatable bonds is 6. The Bertz CT molecular complexity index is 680. The Balaban J connectivity index is 2.17. The average Bonchev–Trinajstić information content (AvgIpc) is 2.62. The predicted molar refractivity (Wildman–Crippen MR) is 95.0 cm³/mol. The summed E-state index contributed by atoms with van der Waals surface area (Å²) in [4.78, 5) is 24.2. The Morgan fingerprint density at radius 2 is 1.67 bits per heavy atom. The molecule has 2 aromatic rings. The van der Waals surface area contributed by atoms with E-state index in [1.165, 1.54) is 7.11 Å². The fourth-order valence-corrected chi connectivity index (χ4v) is 2.66. The van der Waals surface area contributed by atoms with E-state index in [0.29, 0.717) is 11.3 Å². The third-order valence-corrected chi connectivity index (χ3v) is 4.23. The van der Waals surface area contributed by atoms with Crippen LogP contribution < -0.4 is 5.32 Å². The first-order valence-corrected chi connectivity index (χ1v) is 8.11. The van der Waals surface area contributed by atoms with E-state index in [4.69, 9.17) is 0 Å². The van der Waals surface area contributed by atoms with Crippen LogP contribution in [0.15, 0.2) is 54.6 Å². The maximum atomic E-state index is 12.8. The van der Waals surface area contributed by atoms with E-state index in [2.05, 4.69) is 23.9 Å². The van der Waals surface area contributed by atoms with Crippen molar-refractivity contribution in [1.29, 1.82) is 0 Å². The largest absolute Gasteiger partial charge is 0.465 e. The lowest BCUT2D eigenvalue weighted by molar-refractivity contribution is -0.118. The number of methoxy groups -OCH3 is 1. The van der Waals surface area contributed by atoms with Crippen LogP contribution in [0.1, 0.15) is 42.1 Å². The molecule has 0 unspecified atom stereocenters. The number of anilines is 1. The summed E-state index contributed by atoms with van der Waals surface area (Å²) in [5, 5.41) is 2.95. The number of esters is 1. The van der Waals surface area contributed by atoms with Crippen molar-refractivity contribution in [2.24, 2.45) is 5.92 Å². The van der Waals surface area contributed by atoms with Crippen molar-refractivity contribution in [3.8, 4) is 0 Å². The number of carbonyl (C=O) groups is 2. The van der Waals surface area contributed by atoms with E-state index >= 15 is 0 Å². The first-order chi connectivity index (χ1) is 11.6. The van der Waals surface area contributed by atoms with E-state index in [9.17, 15) is 9.59 Å². The van der Waals surface area contributed by atoms with Gasteiger partial charge in [0, 0.05) is 5.69 Å². The molecule has 0 fully saturated rings. The molecule has 1 N–H and O–H groups in total. The van der Waals surface area contributed by atoms with Gasteiger partial charge in [-0.1, -0.05) is 50.6 Å². The highest BCUT2D eigenvalue weighted by Gasteiger charge is 2.25. The van der Waals surface area contributed by atoms with Gasteiger partial charge in [0.2, 0.25) is 5.91 Å². The topological polar surface area (TPSA) is 55.4 Å². The van der Waals surface area contributed by atoms with Gasteiger partial charge >= 0.3 is 5.97 Å². The van der Waals surface area contributed by atoms with Gasteiger partial charge in [0.25, 0.3) is 0 Å². The maximum absolute atomic E-state index is 12.8. The average molecular weight is 325 g/mol. The van der Waals surface area contributed by atoms with Crippen LogP contribution in [-0.2, 0) is 9.53 Å². The van der Waals surface area contributed by atoms with Gasteiger partial charge in [0.15, 0.2) is 0 Å². The van der Waals surface area contributed by atoms with Gasteiger partial charge in [-0.25, -0.2) is 4.79 Å². The molecule has 0 saturated heterocycles. The van der Waals surface area contributed by atoms with Gasteiger partial charge in [0.1, 0.15) is 0 Å². The second kappa shape index (κ2) is 8.29. The highest BCUT2D eigenvalue weighted by atomic mass is 16.5. The van der Waals surface area contributed by atoms with Gasteiger partial charge in [-0.2, -0.15) is 0 Å². The SMILES string of the molecule is CC[C@H](C)[C@@H](C(=O)Nc1ccc(C(=O)OC)cc1)c1ccccc1. The number of hydrogen-bond donors (Lipinski definition) is 1. The second-order valence-electron chi connectivity index (χ2n) is 5.83. The highest BCUT2D eigenvalue weighted by Crippen LogP contribution is 2.28. The van der Waals surface area contributed by atoms with Crippen LogP contribution >= 0.6 is 0 Å². The monoisotopic (exact) mass is 325 g/mol. The lowest BCUT2D eigenvalue weighted by Gasteiger charge is -2.22. The molecule has 0 aliphatic carbocycles. The van der Waals surface area contributed by atoms with Crippen molar-refractivity contribution in [2.75, 3.05) is 12.4 Å². The minimum absolute atomic E-state index is 0.0404. The van der Waals surface area contributed by atoms with Crippen molar-refractivity contribution in [3.63, 3.8) is 0 Å². The van der Waals surface area contributed by atoms with Gasteiger partial charge in [-0.05, 0) is 35.7 Å². The number of benzene rings is 2.